The molecule has 0 spiro atoms. The maximum Gasteiger partial charge on any atom is 0.416 e. The highest BCUT2D eigenvalue weighted by atomic mass is 32.2. The van der Waals surface area contributed by atoms with Gasteiger partial charge in [-0.2, -0.15) is 13.2 Å². The van der Waals surface area contributed by atoms with Crippen molar-refractivity contribution < 1.29 is 22.9 Å². The standard InChI is InChI=1S/C17H13F3N2O3S/c18-17(19,20)10-5-8-15(13(9-10)22(24)25)26-14-4-2-1-3-12(14)16(23)21-11-6-7-11/h1-5,8-9,11H,6-7H2,(H,21,23). The van der Waals surface area contributed by atoms with E-state index in [0.717, 1.165) is 36.7 Å². The number of nitrogens with zero attached hydrogens (tertiary/aromatic N) is 1. The molecule has 0 bridgehead atoms. The van der Waals surface area contributed by atoms with Crippen molar-refractivity contribution in [2.75, 3.05) is 0 Å². The largest absolute Gasteiger partial charge is 0.416 e. The predicted octanol–water partition coefficient (Wildman–Crippen LogP) is 4.66. The summed E-state index contributed by atoms with van der Waals surface area (Å²) in [4.78, 5) is 23.1. The van der Waals surface area contributed by atoms with Gasteiger partial charge in [-0.3, -0.25) is 14.9 Å². The minimum Gasteiger partial charge on any atom is -0.349 e. The van der Waals surface area contributed by atoms with E-state index in [-0.39, 0.29) is 16.8 Å². The first-order valence-corrected chi connectivity index (χ1v) is 8.51. The Hall–Kier alpha value is -2.55. The zero-order chi connectivity index (χ0) is 18.9. The molecule has 136 valence electrons. The number of carbonyl (C=O) groups excluding carboxylic acids is 1. The molecule has 5 nitrogen and oxygen atoms in total. The molecule has 1 amide bonds. The van der Waals surface area contributed by atoms with Crippen molar-refractivity contribution in [3.8, 4) is 0 Å². The van der Waals surface area contributed by atoms with Gasteiger partial charge >= 0.3 is 6.18 Å². The number of nitrogens with one attached hydrogen (secondary N) is 1. The number of halogens is 3. The Morgan fingerprint density at radius 2 is 1.85 bits per heavy atom. The molecule has 0 aliphatic heterocycles. The number of benzene rings is 2. The zero-order valence-corrected chi connectivity index (χ0v) is 14.1. The van der Waals surface area contributed by atoms with E-state index in [1.807, 2.05) is 0 Å². The number of alkyl halides is 3. The lowest BCUT2D eigenvalue weighted by Gasteiger charge is -2.11. The van der Waals surface area contributed by atoms with Crippen LogP contribution in [0.2, 0.25) is 0 Å². The summed E-state index contributed by atoms with van der Waals surface area (Å²) < 4.78 is 38.4. The Bertz CT molecular complexity index is 867. The smallest absolute Gasteiger partial charge is 0.349 e. The fourth-order valence-corrected chi connectivity index (χ4v) is 3.30. The monoisotopic (exact) mass is 382 g/mol. The first kappa shape index (κ1) is 18.2. The summed E-state index contributed by atoms with van der Waals surface area (Å²) in [5.74, 6) is -0.301. The molecule has 2 aromatic carbocycles. The van der Waals surface area contributed by atoms with Gasteiger partial charge in [0.05, 0.1) is 20.9 Å². The number of hydrogen-bond acceptors (Lipinski definition) is 4. The minimum absolute atomic E-state index is 0.0367. The van der Waals surface area contributed by atoms with Crippen LogP contribution >= 0.6 is 11.8 Å². The fourth-order valence-electron chi connectivity index (χ4n) is 2.28. The summed E-state index contributed by atoms with van der Waals surface area (Å²) in [6, 6.07) is 9.00. The van der Waals surface area contributed by atoms with Crippen LogP contribution in [0.1, 0.15) is 28.8 Å². The highest BCUT2D eigenvalue weighted by Crippen LogP contribution is 2.40. The third-order valence-corrected chi connectivity index (χ3v) is 4.89. The van der Waals surface area contributed by atoms with Gasteiger partial charge in [-0.25, -0.2) is 0 Å². The summed E-state index contributed by atoms with van der Waals surface area (Å²) in [5.41, 5.74) is -1.41. The van der Waals surface area contributed by atoms with Crippen LogP contribution in [0.4, 0.5) is 18.9 Å². The summed E-state index contributed by atoms with van der Waals surface area (Å²) in [6.45, 7) is 0. The molecule has 0 heterocycles. The van der Waals surface area contributed by atoms with Gasteiger partial charge in [0.2, 0.25) is 0 Å². The van der Waals surface area contributed by atoms with Crippen LogP contribution in [-0.4, -0.2) is 16.9 Å². The van der Waals surface area contributed by atoms with E-state index in [1.165, 1.54) is 0 Å². The van der Waals surface area contributed by atoms with Gasteiger partial charge in [-0.05, 0) is 37.1 Å². The molecular formula is C17H13F3N2O3S. The number of rotatable bonds is 5. The van der Waals surface area contributed by atoms with E-state index in [9.17, 15) is 28.1 Å². The second kappa shape index (κ2) is 6.99. The number of hydrogen-bond donors (Lipinski definition) is 1. The van der Waals surface area contributed by atoms with Crippen molar-refractivity contribution in [1.82, 2.24) is 5.32 Å². The lowest BCUT2D eigenvalue weighted by Crippen LogP contribution is -2.25. The van der Waals surface area contributed by atoms with Crippen molar-refractivity contribution in [3.05, 3.63) is 63.7 Å². The fraction of sp³-hybridized carbons (Fsp3) is 0.235. The molecular weight excluding hydrogens is 369 g/mol. The van der Waals surface area contributed by atoms with Crippen molar-refractivity contribution in [3.63, 3.8) is 0 Å². The second-order valence-electron chi connectivity index (χ2n) is 5.78. The van der Waals surface area contributed by atoms with E-state index in [0.29, 0.717) is 16.5 Å². The molecule has 1 saturated carbocycles. The topological polar surface area (TPSA) is 72.2 Å². The highest BCUT2D eigenvalue weighted by molar-refractivity contribution is 7.99. The molecule has 0 radical (unpaired) electrons. The lowest BCUT2D eigenvalue weighted by molar-refractivity contribution is -0.388. The van der Waals surface area contributed by atoms with Crippen LogP contribution < -0.4 is 5.32 Å². The van der Waals surface area contributed by atoms with Gasteiger partial charge in [-0.1, -0.05) is 23.9 Å². The van der Waals surface area contributed by atoms with Gasteiger partial charge in [0.1, 0.15) is 0 Å². The zero-order valence-electron chi connectivity index (χ0n) is 13.2. The molecule has 26 heavy (non-hydrogen) atoms. The summed E-state index contributed by atoms with van der Waals surface area (Å²) in [5, 5.41) is 14.0. The van der Waals surface area contributed by atoms with Crippen LogP contribution in [0.25, 0.3) is 0 Å². The normalized spacial score (nSPS) is 14.1. The van der Waals surface area contributed by atoms with Gasteiger partial charge in [0.15, 0.2) is 0 Å². The maximum atomic E-state index is 12.8. The Morgan fingerprint density at radius 3 is 2.46 bits per heavy atom. The average Bonchev–Trinajstić information content (AvgIpc) is 3.38. The summed E-state index contributed by atoms with van der Waals surface area (Å²) >= 11 is 0.894. The molecule has 9 heteroatoms. The first-order valence-electron chi connectivity index (χ1n) is 7.69. The Morgan fingerprint density at radius 1 is 1.15 bits per heavy atom. The third kappa shape index (κ3) is 4.16. The molecule has 1 fully saturated rings. The molecule has 0 aromatic heterocycles. The summed E-state index contributed by atoms with van der Waals surface area (Å²) in [7, 11) is 0. The molecule has 1 aliphatic carbocycles. The van der Waals surface area contributed by atoms with Crippen LogP contribution in [0.5, 0.6) is 0 Å². The summed E-state index contributed by atoms with van der Waals surface area (Å²) in [6.07, 6.45) is -2.85. The second-order valence-corrected chi connectivity index (χ2v) is 6.87. The molecule has 1 N–H and O–H groups in total. The molecule has 0 atom stereocenters. The van der Waals surface area contributed by atoms with Crippen molar-refractivity contribution in [1.29, 1.82) is 0 Å². The Labute approximate surface area is 150 Å². The highest BCUT2D eigenvalue weighted by Gasteiger charge is 2.33. The van der Waals surface area contributed by atoms with Crippen LogP contribution in [-0.2, 0) is 6.18 Å². The van der Waals surface area contributed by atoms with Crippen LogP contribution in [0, 0.1) is 10.1 Å². The van der Waals surface area contributed by atoms with E-state index in [2.05, 4.69) is 5.32 Å². The van der Waals surface area contributed by atoms with Gasteiger partial charge in [0, 0.05) is 17.0 Å². The van der Waals surface area contributed by atoms with Gasteiger partial charge in [-0.15, -0.1) is 0 Å². The Balaban J connectivity index is 1.94. The van der Waals surface area contributed by atoms with E-state index in [4.69, 9.17) is 0 Å². The van der Waals surface area contributed by atoms with Gasteiger partial charge < -0.3 is 5.32 Å². The average molecular weight is 382 g/mol. The van der Waals surface area contributed by atoms with E-state index >= 15 is 0 Å². The number of nitro groups is 1. The predicted molar refractivity (Wildman–Crippen MR) is 89.2 cm³/mol. The maximum absolute atomic E-state index is 12.8. The van der Waals surface area contributed by atoms with Crippen LogP contribution in [0.15, 0.2) is 52.3 Å². The number of carbonyl (C=O) groups is 1. The van der Waals surface area contributed by atoms with E-state index < -0.39 is 22.4 Å². The molecule has 1 aliphatic rings. The Kier molecular flexibility index (Phi) is 4.90. The lowest BCUT2D eigenvalue weighted by atomic mass is 10.2. The molecule has 3 rings (SSSR count). The number of nitro benzene ring substituents is 1. The van der Waals surface area contributed by atoms with Crippen molar-refractivity contribution >= 4 is 23.4 Å². The van der Waals surface area contributed by atoms with Crippen LogP contribution in [0.3, 0.4) is 0 Å². The molecule has 2 aromatic rings. The number of amides is 1. The van der Waals surface area contributed by atoms with Crippen molar-refractivity contribution in [2.45, 2.75) is 34.9 Å². The first-order chi connectivity index (χ1) is 12.3. The van der Waals surface area contributed by atoms with E-state index in [1.54, 1.807) is 24.3 Å². The SMILES string of the molecule is O=C(NC1CC1)c1ccccc1Sc1ccc(C(F)(F)F)cc1[N+](=O)[O-]. The minimum atomic E-state index is -4.67. The van der Waals surface area contributed by atoms with Crippen molar-refractivity contribution in [2.24, 2.45) is 0 Å². The molecule has 0 unspecified atom stereocenters. The quantitative estimate of drug-likeness (QED) is 0.603. The van der Waals surface area contributed by atoms with Gasteiger partial charge in [0.25, 0.3) is 11.6 Å². The molecule has 0 saturated heterocycles. The third-order valence-electron chi connectivity index (χ3n) is 3.75.